The van der Waals surface area contributed by atoms with E-state index in [1.54, 1.807) is 31.4 Å². The highest BCUT2D eigenvalue weighted by Gasteiger charge is 2.18. The van der Waals surface area contributed by atoms with Crippen LogP contribution >= 0.6 is 12.2 Å². The highest BCUT2D eigenvalue weighted by Crippen LogP contribution is 2.30. The maximum atomic E-state index is 12.7. The fourth-order valence-electron chi connectivity index (χ4n) is 2.49. The van der Waals surface area contributed by atoms with Gasteiger partial charge >= 0.3 is 0 Å². The number of hydrogen-bond donors (Lipinski definition) is 2. The lowest BCUT2D eigenvalue weighted by Crippen LogP contribution is -2.04. The van der Waals surface area contributed by atoms with Crippen molar-refractivity contribution >= 4 is 28.9 Å². The smallest absolute Gasteiger partial charge is 0.199 e. The number of aromatic nitrogens is 1. The molecule has 1 heterocycles. The van der Waals surface area contributed by atoms with Crippen LogP contribution in [-0.2, 0) is 0 Å². The zero-order chi connectivity index (χ0) is 16.6. The molecule has 116 valence electrons. The first kappa shape index (κ1) is 15.2. The predicted octanol–water partition coefficient (Wildman–Crippen LogP) is 4.15. The van der Waals surface area contributed by atoms with Crippen LogP contribution in [0.5, 0.6) is 11.5 Å². The number of aryl methyl sites for hydroxylation is 1. The summed E-state index contributed by atoms with van der Waals surface area (Å²) in [5.41, 5.74) is 2.24. The minimum absolute atomic E-state index is 0.0896. The Bertz CT molecular complexity index is 958. The second-order valence-corrected chi connectivity index (χ2v) is 5.69. The molecule has 0 bridgehead atoms. The number of ether oxygens (including phenoxy) is 1. The van der Waals surface area contributed by atoms with Crippen molar-refractivity contribution in [2.75, 3.05) is 7.11 Å². The molecule has 0 saturated carbocycles. The normalized spacial score (nSPS) is 10.7. The van der Waals surface area contributed by atoms with Gasteiger partial charge in [0.25, 0.3) is 0 Å². The van der Waals surface area contributed by atoms with E-state index in [1.165, 1.54) is 0 Å². The molecule has 1 aromatic heterocycles. The summed E-state index contributed by atoms with van der Waals surface area (Å²) in [4.78, 5) is 15.7. The number of carbonyl (C=O) groups is 1. The van der Waals surface area contributed by atoms with Crippen molar-refractivity contribution in [2.45, 2.75) is 6.92 Å². The van der Waals surface area contributed by atoms with Crippen LogP contribution in [0, 0.1) is 11.6 Å². The molecule has 0 radical (unpaired) electrons. The first-order valence-corrected chi connectivity index (χ1v) is 7.46. The molecule has 3 aromatic rings. The molecule has 0 fully saturated rings. The van der Waals surface area contributed by atoms with E-state index in [2.05, 4.69) is 4.98 Å². The van der Waals surface area contributed by atoms with Gasteiger partial charge in [-0.05, 0) is 43.3 Å². The van der Waals surface area contributed by atoms with Crippen LogP contribution in [0.3, 0.4) is 0 Å². The van der Waals surface area contributed by atoms with E-state index in [9.17, 15) is 9.90 Å². The van der Waals surface area contributed by atoms with Crippen LogP contribution in [0.25, 0.3) is 10.9 Å². The van der Waals surface area contributed by atoms with E-state index < -0.39 is 0 Å². The van der Waals surface area contributed by atoms with Gasteiger partial charge in [-0.3, -0.25) is 4.79 Å². The first-order valence-electron chi connectivity index (χ1n) is 7.05. The van der Waals surface area contributed by atoms with Crippen molar-refractivity contribution in [1.29, 1.82) is 0 Å². The number of hydrogen-bond acceptors (Lipinski definition) is 4. The molecule has 0 amide bonds. The molecular formula is C18H15NO3S. The lowest BCUT2D eigenvalue weighted by molar-refractivity contribution is 0.103. The molecule has 0 aliphatic carbocycles. The summed E-state index contributed by atoms with van der Waals surface area (Å²) in [6.45, 7) is 1.92. The number of carbonyl (C=O) groups excluding carboxylic acids is 1. The van der Waals surface area contributed by atoms with Crippen LogP contribution in [0.2, 0.25) is 0 Å². The maximum absolute atomic E-state index is 12.7. The molecule has 3 rings (SSSR count). The summed E-state index contributed by atoms with van der Waals surface area (Å²) < 4.78 is 5.31. The van der Waals surface area contributed by atoms with Crippen LogP contribution < -0.4 is 4.74 Å². The number of benzene rings is 2. The second-order valence-electron chi connectivity index (χ2n) is 5.28. The number of ketones is 1. The van der Waals surface area contributed by atoms with Gasteiger partial charge < -0.3 is 14.8 Å². The highest BCUT2D eigenvalue weighted by atomic mass is 32.1. The summed E-state index contributed by atoms with van der Waals surface area (Å²) in [7, 11) is 1.56. The van der Waals surface area contributed by atoms with Gasteiger partial charge in [-0.15, -0.1) is 0 Å². The molecule has 0 spiro atoms. The Kier molecular flexibility index (Phi) is 3.88. The summed E-state index contributed by atoms with van der Waals surface area (Å²) in [6, 6.07) is 12.3. The molecule has 2 aromatic carbocycles. The molecule has 0 saturated heterocycles. The number of aromatic amines is 1. The number of H-pyrrole nitrogens is 1. The Balaban J connectivity index is 2.18. The van der Waals surface area contributed by atoms with Gasteiger partial charge in [0.15, 0.2) is 5.78 Å². The third-order valence-corrected chi connectivity index (χ3v) is 4.03. The van der Waals surface area contributed by atoms with E-state index in [0.29, 0.717) is 22.2 Å². The first-order chi connectivity index (χ1) is 11.0. The lowest BCUT2D eigenvalue weighted by Gasteiger charge is -2.09. The number of methoxy groups -OCH3 is 1. The molecule has 0 atom stereocenters. The van der Waals surface area contributed by atoms with E-state index in [4.69, 9.17) is 17.0 Å². The Labute approximate surface area is 138 Å². The Hall–Kier alpha value is -2.66. The lowest BCUT2D eigenvalue weighted by atomic mass is 10.0. The minimum Gasteiger partial charge on any atom is -0.506 e. The van der Waals surface area contributed by atoms with E-state index in [1.807, 2.05) is 25.1 Å². The summed E-state index contributed by atoms with van der Waals surface area (Å²) in [5, 5.41) is 11.1. The van der Waals surface area contributed by atoms with Gasteiger partial charge in [0.05, 0.1) is 18.2 Å². The number of aromatic hydroxyl groups is 1. The monoisotopic (exact) mass is 325 g/mol. The van der Waals surface area contributed by atoms with Crippen molar-refractivity contribution in [2.24, 2.45) is 0 Å². The second kappa shape index (κ2) is 5.85. The van der Waals surface area contributed by atoms with E-state index in [-0.39, 0.29) is 21.7 Å². The number of nitrogens with one attached hydrogen (secondary N) is 1. The molecule has 0 aliphatic rings. The Morgan fingerprint density at radius 3 is 2.52 bits per heavy atom. The van der Waals surface area contributed by atoms with Crippen LogP contribution in [0.4, 0.5) is 0 Å². The highest BCUT2D eigenvalue weighted by molar-refractivity contribution is 7.71. The molecule has 5 heteroatoms. The Morgan fingerprint density at radius 1 is 1.17 bits per heavy atom. The summed E-state index contributed by atoms with van der Waals surface area (Å²) in [6.07, 6.45) is 0. The van der Waals surface area contributed by atoms with E-state index >= 15 is 0 Å². The third kappa shape index (κ3) is 2.71. The van der Waals surface area contributed by atoms with Gasteiger partial charge in [0.2, 0.25) is 0 Å². The third-order valence-electron chi connectivity index (χ3n) is 3.72. The fourth-order valence-corrected chi connectivity index (χ4v) is 2.79. The predicted molar refractivity (Wildman–Crippen MR) is 92.0 cm³/mol. The van der Waals surface area contributed by atoms with Crippen LogP contribution in [0.1, 0.15) is 21.5 Å². The zero-order valence-electron chi connectivity index (χ0n) is 12.7. The van der Waals surface area contributed by atoms with E-state index in [0.717, 1.165) is 5.56 Å². The topological polar surface area (TPSA) is 62.3 Å². The molecule has 0 aliphatic heterocycles. The van der Waals surface area contributed by atoms with Crippen molar-refractivity contribution in [1.82, 2.24) is 4.98 Å². The Morgan fingerprint density at radius 2 is 1.87 bits per heavy atom. The van der Waals surface area contributed by atoms with Crippen molar-refractivity contribution < 1.29 is 14.6 Å². The molecular weight excluding hydrogens is 310 g/mol. The molecule has 4 nitrogen and oxygen atoms in total. The SMILES string of the molecule is COc1ccc(C(=O)c2c(O)c3cc(C)ccc3[nH]c2=S)cc1. The van der Waals surface area contributed by atoms with Gasteiger partial charge in [-0.1, -0.05) is 23.8 Å². The molecule has 0 unspecified atom stereocenters. The minimum atomic E-state index is -0.324. The summed E-state index contributed by atoms with van der Waals surface area (Å²) >= 11 is 5.26. The summed E-state index contributed by atoms with van der Waals surface area (Å²) in [5.74, 6) is 0.244. The quantitative estimate of drug-likeness (QED) is 0.561. The van der Waals surface area contributed by atoms with Gasteiger partial charge in [-0.25, -0.2) is 0 Å². The van der Waals surface area contributed by atoms with Gasteiger partial charge in [0, 0.05) is 10.9 Å². The fraction of sp³-hybridized carbons (Fsp3) is 0.111. The number of rotatable bonds is 3. The van der Waals surface area contributed by atoms with Gasteiger partial charge in [0.1, 0.15) is 16.1 Å². The molecule has 2 N–H and O–H groups in total. The average Bonchev–Trinajstić information content (AvgIpc) is 2.55. The standard InChI is InChI=1S/C18H15NO3S/c1-10-3-8-14-13(9-10)17(21)15(18(23)19-14)16(20)11-4-6-12(22-2)7-5-11/h3-9H,1-2H3,(H2,19,21,23). The average molecular weight is 325 g/mol. The maximum Gasteiger partial charge on any atom is 0.199 e. The van der Waals surface area contributed by atoms with Crippen molar-refractivity contribution in [3.05, 3.63) is 63.8 Å². The number of pyridine rings is 1. The molecule has 23 heavy (non-hydrogen) atoms. The van der Waals surface area contributed by atoms with Crippen molar-refractivity contribution in [3.8, 4) is 11.5 Å². The van der Waals surface area contributed by atoms with Gasteiger partial charge in [-0.2, -0.15) is 0 Å². The van der Waals surface area contributed by atoms with Crippen LogP contribution in [0.15, 0.2) is 42.5 Å². The van der Waals surface area contributed by atoms with Crippen molar-refractivity contribution in [3.63, 3.8) is 0 Å². The number of fused-ring (bicyclic) bond motifs is 1. The largest absolute Gasteiger partial charge is 0.506 e. The zero-order valence-corrected chi connectivity index (χ0v) is 13.5. The van der Waals surface area contributed by atoms with Crippen LogP contribution in [-0.4, -0.2) is 23.0 Å².